The van der Waals surface area contributed by atoms with Gasteiger partial charge in [-0.3, -0.25) is 4.79 Å². The molecular formula is C26H34BrNO4Si. The summed E-state index contributed by atoms with van der Waals surface area (Å²) in [6, 6.07) is 12.6. The van der Waals surface area contributed by atoms with Crippen LogP contribution >= 0.6 is 15.9 Å². The lowest BCUT2D eigenvalue weighted by Crippen LogP contribution is -2.52. The van der Waals surface area contributed by atoms with Gasteiger partial charge in [-0.05, 0) is 60.3 Å². The molecule has 3 rings (SSSR count). The van der Waals surface area contributed by atoms with Crippen molar-refractivity contribution in [2.45, 2.75) is 70.8 Å². The van der Waals surface area contributed by atoms with Crippen molar-refractivity contribution in [2.24, 2.45) is 0 Å². The van der Waals surface area contributed by atoms with Crippen LogP contribution in [0.2, 0.25) is 18.1 Å². The summed E-state index contributed by atoms with van der Waals surface area (Å²) in [5.74, 6) is -0.916. The number of carbonyl (C=O) groups excluding carboxylic acids is 1. The van der Waals surface area contributed by atoms with E-state index in [1.807, 2.05) is 42.2 Å². The van der Waals surface area contributed by atoms with Crippen molar-refractivity contribution < 1.29 is 19.1 Å². The molecule has 1 aliphatic heterocycles. The molecule has 0 bridgehead atoms. The SMILES string of the molecule is C[C@H]1c2cccc(C(=O)O)c2C[C@H](CO[Si](C)(C)C(C)(C)C)N1C(=O)Cc1ccccc1Br. The van der Waals surface area contributed by atoms with Crippen molar-refractivity contribution in [3.8, 4) is 0 Å². The number of aromatic carboxylic acids is 1. The fourth-order valence-corrected chi connectivity index (χ4v) is 5.67. The van der Waals surface area contributed by atoms with E-state index >= 15 is 0 Å². The standard InChI is InChI=1S/C26H34BrNO4Si/c1-17-20-11-9-12-21(25(30)31)22(20)15-19(16-32-33(5,6)26(2,3)4)28(17)24(29)14-18-10-7-8-13-23(18)27/h7-13,17,19H,14-16H2,1-6H3,(H,30,31)/t17-,19+/m0/s1. The number of benzene rings is 2. The average Bonchev–Trinajstić information content (AvgIpc) is 2.72. The largest absolute Gasteiger partial charge is 0.478 e. The smallest absolute Gasteiger partial charge is 0.335 e. The third-order valence-electron chi connectivity index (χ3n) is 7.17. The van der Waals surface area contributed by atoms with E-state index in [-0.39, 0.29) is 29.4 Å². The minimum Gasteiger partial charge on any atom is -0.478 e. The van der Waals surface area contributed by atoms with Gasteiger partial charge < -0.3 is 14.4 Å². The lowest BCUT2D eigenvalue weighted by Gasteiger charge is -2.44. The number of hydrogen-bond donors (Lipinski definition) is 1. The predicted molar refractivity (Wildman–Crippen MR) is 137 cm³/mol. The van der Waals surface area contributed by atoms with Crippen LogP contribution in [0.1, 0.15) is 60.8 Å². The van der Waals surface area contributed by atoms with E-state index in [0.717, 1.165) is 21.2 Å². The summed E-state index contributed by atoms with van der Waals surface area (Å²) in [6.07, 6.45) is 0.745. The van der Waals surface area contributed by atoms with Gasteiger partial charge >= 0.3 is 5.97 Å². The molecule has 2 atom stereocenters. The highest BCUT2D eigenvalue weighted by atomic mass is 79.9. The van der Waals surface area contributed by atoms with E-state index < -0.39 is 14.3 Å². The third-order valence-corrected chi connectivity index (χ3v) is 12.4. The van der Waals surface area contributed by atoms with Crippen LogP contribution in [0.5, 0.6) is 0 Å². The first-order valence-electron chi connectivity index (χ1n) is 11.4. The second-order valence-electron chi connectivity index (χ2n) is 10.4. The van der Waals surface area contributed by atoms with E-state index in [2.05, 4.69) is 49.8 Å². The second-order valence-corrected chi connectivity index (χ2v) is 16.0. The summed E-state index contributed by atoms with van der Waals surface area (Å²) in [6.45, 7) is 13.4. The van der Waals surface area contributed by atoms with Gasteiger partial charge in [0.25, 0.3) is 0 Å². The number of amides is 1. The van der Waals surface area contributed by atoms with Crippen molar-refractivity contribution in [2.75, 3.05) is 6.61 Å². The summed E-state index contributed by atoms with van der Waals surface area (Å²) >= 11 is 3.55. The number of rotatable bonds is 6. The Morgan fingerprint density at radius 3 is 2.42 bits per heavy atom. The highest BCUT2D eigenvalue weighted by Crippen LogP contribution is 2.39. The number of hydrogen-bond acceptors (Lipinski definition) is 3. The molecule has 2 aromatic rings. The minimum absolute atomic E-state index is 0.0182. The van der Waals surface area contributed by atoms with Gasteiger partial charge in [0.15, 0.2) is 8.32 Å². The maximum Gasteiger partial charge on any atom is 0.335 e. The zero-order valence-corrected chi connectivity index (χ0v) is 22.9. The van der Waals surface area contributed by atoms with E-state index in [4.69, 9.17) is 4.43 Å². The van der Waals surface area contributed by atoms with E-state index in [1.165, 1.54) is 0 Å². The van der Waals surface area contributed by atoms with Gasteiger partial charge in [0.05, 0.1) is 30.7 Å². The number of halogens is 1. The van der Waals surface area contributed by atoms with Crippen LogP contribution in [0.4, 0.5) is 0 Å². The third kappa shape index (κ3) is 5.41. The molecule has 0 saturated carbocycles. The van der Waals surface area contributed by atoms with Crippen molar-refractivity contribution in [1.82, 2.24) is 4.90 Å². The Kier molecular flexibility index (Phi) is 7.56. The molecule has 33 heavy (non-hydrogen) atoms. The molecule has 0 saturated heterocycles. The Morgan fingerprint density at radius 2 is 1.82 bits per heavy atom. The lowest BCUT2D eigenvalue weighted by molar-refractivity contribution is -0.137. The summed E-state index contributed by atoms with van der Waals surface area (Å²) in [7, 11) is -2.05. The number of carbonyl (C=O) groups is 2. The molecule has 0 aliphatic carbocycles. The predicted octanol–water partition coefficient (Wildman–Crippen LogP) is 6.23. The van der Waals surface area contributed by atoms with E-state index in [0.29, 0.717) is 18.6 Å². The monoisotopic (exact) mass is 531 g/mol. The molecule has 178 valence electrons. The highest BCUT2D eigenvalue weighted by Gasteiger charge is 2.41. The number of fused-ring (bicyclic) bond motifs is 1. The molecule has 1 heterocycles. The summed E-state index contributed by atoms with van der Waals surface area (Å²) in [5.41, 5.74) is 2.96. The summed E-state index contributed by atoms with van der Waals surface area (Å²) < 4.78 is 7.45. The second kappa shape index (κ2) is 9.72. The molecule has 0 spiro atoms. The highest BCUT2D eigenvalue weighted by molar-refractivity contribution is 9.10. The van der Waals surface area contributed by atoms with Crippen LogP contribution in [0, 0.1) is 0 Å². The van der Waals surface area contributed by atoms with Gasteiger partial charge in [-0.2, -0.15) is 0 Å². The van der Waals surface area contributed by atoms with Crippen LogP contribution < -0.4 is 0 Å². The fourth-order valence-electron chi connectivity index (χ4n) is 4.20. The van der Waals surface area contributed by atoms with Crippen molar-refractivity contribution in [1.29, 1.82) is 0 Å². The Labute approximate surface area is 206 Å². The molecule has 1 amide bonds. The molecule has 0 radical (unpaired) electrons. The maximum absolute atomic E-state index is 13.6. The van der Waals surface area contributed by atoms with Gasteiger partial charge in [0.1, 0.15) is 0 Å². The molecule has 0 fully saturated rings. The first-order valence-corrected chi connectivity index (χ1v) is 15.1. The van der Waals surface area contributed by atoms with Crippen molar-refractivity contribution in [3.63, 3.8) is 0 Å². The Balaban J connectivity index is 1.98. The lowest BCUT2D eigenvalue weighted by atomic mass is 9.85. The zero-order chi connectivity index (χ0) is 24.6. The average molecular weight is 533 g/mol. The number of carboxylic acid groups (broad SMARTS) is 1. The Morgan fingerprint density at radius 1 is 1.15 bits per heavy atom. The molecule has 1 N–H and O–H groups in total. The molecular weight excluding hydrogens is 498 g/mol. The van der Waals surface area contributed by atoms with Gasteiger partial charge in [0.2, 0.25) is 5.91 Å². The van der Waals surface area contributed by atoms with Gasteiger partial charge in [0, 0.05) is 4.47 Å². The van der Waals surface area contributed by atoms with Crippen LogP contribution in [0.15, 0.2) is 46.9 Å². The first kappa shape index (κ1) is 25.7. The molecule has 7 heteroatoms. The molecule has 0 unspecified atom stereocenters. The molecule has 1 aliphatic rings. The Bertz CT molecular complexity index is 1050. The summed E-state index contributed by atoms with van der Waals surface area (Å²) in [5, 5.41) is 9.81. The van der Waals surface area contributed by atoms with E-state index in [9.17, 15) is 14.7 Å². The number of carboxylic acids is 1. The zero-order valence-electron chi connectivity index (χ0n) is 20.3. The molecule has 0 aromatic heterocycles. The molecule has 2 aromatic carbocycles. The molecule has 5 nitrogen and oxygen atoms in total. The van der Waals surface area contributed by atoms with Crippen molar-refractivity contribution in [3.05, 3.63) is 69.2 Å². The van der Waals surface area contributed by atoms with Gasteiger partial charge in [-0.25, -0.2) is 4.79 Å². The van der Waals surface area contributed by atoms with Crippen LogP contribution in [-0.4, -0.2) is 42.8 Å². The van der Waals surface area contributed by atoms with Crippen LogP contribution in [0.3, 0.4) is 0 Å². The van der Waals surface area contributed by atoms with Crippen LogP contribution in [-0.2, 0) is 22.1 Å². The van der Waals surface area contributed by atoms with E-state index in [1.54, 1.807) is 12.1 Å². The quantitative estimate of drug-likeness (QED) is 0.448. The van der Waals surface area contributed by atoms with Crippen LogP contribution in [0.25, 0.3) is 0 Å². The number of nitrogens with zero attached hydrogens (tertiary/aromatic N) is 1. The fraction of sp³-hybridized carbons (Fsp3) is 0.462. The summed E-state index contributed by atoms with van der Waals surface area (Å²) in [4.78, 5) is 27.5. The van der Waals surface area contributed by atoms with Gasteiger partial charge in [-0.15, -0.1) is 0 Å². The minimum atomic E-state index is -2.05. The topological polar surface area (TPSA) is 66.8 Å². The maximum atomic E-state index is 13.6. The Hall–Kier alpha value is -1.96. The normalized spacial score (nSPS) is 18.7. The first-order chi connectivity index (χ1) is 15.3. The van der Waals surface area contributed by atoms with Gasteiger partial charge in [-0.1, -0.05) is 67.0 Å². The van der Waals surface area contributed by atoms with Crippen molar-refractivity contribution >= 4 is 36.1 Å².